The van der Waals surface area contributed by atoms with Crippen molar-refractivity contribution in [1.29, 1.82) is 0 Å². The number of pyridine rings is 2. The van der Waals surface area contributed by atoms with E-state index >= 15 is 0 Å². The minimum Gasteiger partial charge on any atom is -0.793 e. The van der Waals surface area contributed by atoms with Gasteiger partial charge in [-0.1, -0.05) is 96.1 Å². The number of fused-ring (bicyclic) bond motifs is 2. The Bertz CT molecular complexity index is 3010. The molecule has 3 radical (unpaired) electrons. The fourth-order valence-corrected chi connectivity index (χ4v) is 7.08. The maximum atomic E-state index is 12.4. The predicted molar refractivity (Wildman–Crippen MR) is 320 cm³/mol. The van der Waals surface area contributed by atoms with Crippen molar-refractivity contribution in [3.8, 4) is 12.0 Å². The van der Waals surface area contributed by atoms with E-state index in [9.17, 15) is 28.8 Å². The number of carboxylic acid groups (broad SMARTS) is 1. The molecule has 4 aromatic heterocycles. The van der Waals surface area contributed by atoms with Crippen LogP contribution in [0.25, 0.3) is 0 Å². The topological polar surface area (TPSA) is 360 Å². The number of aliphatic carboxylic acids is 1. The molecule has 2 aromatic carbocycles. The van der Waals surface area contributed by atoms with Crippen LogP contribution in [-0.4, -0.2) is 111 Å². The number of aldehydes is 1. The van der Waals surface area contributed by atoms with Gasteiger partial charge >= 0.3 is 53.5 Å². The van der Waals surface area contributed by atoms with Gasteiger partial charge in [0.15, 0.2) is 11.6 Å². The molecule has 0 unspecified atom stereocenters. The molecule has 0 saturated heterocycles. The van der Waals surface area contributed by atoms with Crippen molar-refractivity contribution in [2.75, 3.05) is 58.6 Å². The van der Waals surface area contributed by atoms with Crippen LogP contribution in [0.15, 0.2) is 97.3 Å². The standard InChI is InChI=1S/C24H28N6O2.C19H22N4O3.C5H6N2.C4H6O4.C2H3BO2.C2H4O2.2CH4.Na/c1-2-3-11-32-24-28-22(25)20-13-19(31)16-30(23(20)29-24)15-18-8-6-7-17(12-18)14-27-21-9-4-5-10-26-21;1-2-3-7-26-19-21-17(20)16-9-15(25)11-23(18(16)22-19)10-13-5-4-6-14(8-13)12-24;6-5-3-1-2-4-7-5;1-3(5)7-8-4(2)6;1-2(4)5-3;1-2(3)4;;;/h4-10,12H,2-3,11,13-16H2,1H3,(H,26,27)(H2,25,28,29);4-6,8,12H,2-3,7,9-11H2,1H3,(H2,20,21,22);1-4H,(H2,6,7);1-2H3;1H3;1H3,(H,3,4);2*1H4;/q;;;;-1;;;;+1. The van der Waals surface area contributed by atoms with Crippen LogP contribution in [0.2, 0.25) is 0 Å². The summed E-state index contributed by atoms with van der Waals surface area (Å²) in [5.41, 5.74) is 22.5. The second kappa shape index (κ2) is 42.1. The zero-order valence-electron chi connectivity index (χ0n) is 47.7. The molecule has 25 nitrogen and oxygen atoms in total. The van der Waals surface area contributed by atoms with Crippen LogP contribution in [-0.2, 0) is 75.7 Å². The number of carboxylic acids is 1. The fourth-order valence-electron chi connectivity index (χ4n) is 7.08. The van der Waals surface area contributed by atoms with Crippen molar-refractivity contribution in [3.63, 3.8) is 0 Å². The van der Waals surface area contributed by atoms with Gasteiger partial charge in [0.25, 0.3) is 5.97 Å². The smallest absolute Gasteiger partial charge is 0.793 e. The second-order valence-corrected chi connectivity index (χ2v) is 17.7. The van der Waals surface area contributed by atoms with E-state index < -0.39 is 23.9 Å². The van der Waals surface area contributed by atoms with Gasteiger partial charge in [-0.3, -0.25) is 24.0 Å². The number of ketones is 2. The Balaban J connectivity index is 0.00000118. The fraction of sp³-hybridized carbons (Fsp3) is 0.362. The molecule has 6 heterocycles. The molecule has 0 bridgehead atoms. The van der Waals surface area contributed by atoms with Crippen LogP contribution in [0.5, 0.6) is 12.0 Å². The number of hydrogen-bond acceptors (Lipinski definition) is 24. The molecule has 0 spiro atoms. The van der Waals surface area contributed by atoms with Crippen molar-refractivity contribution in [2.45, 2.75) is 115 Å². The van der Waals surface area contributed by atoms with Crippen LogP contribution < -0.4 is 71.3 Å². The van der Waals surface area contributed by atoms with Crippen molar-refractivity contribution in [1.82, 2.24) is 29.9 Å². The van der Waals surface area contributed by atoms with Gasteiger partial charge in [-0.15, -0.1) is 0 Å². The summed E-state index contributed by atoms with van der Waals surface area (Å²) in [6, 6.07) is 27.2. The van der Waals surface area contributed by atoms with Crippen molar-refractivity contribution >= 4 is 84.7 Å². The van der Waals surface area contributed by atoms with E-state index in [4.69, 9.17) is 36.6 Å². The Kier molecular flexibility index (Phi) is 37.8. The average molecular weight is 1180 g/mol. The summed E-state index contributed by atoms with van der Waals surface area (Å²) in [7, 11) is 4.32. The van der Waals surface area contributed by atoms with Crippen LogP contribution in [0, 0.1) is 0 Å². The molecule has 0 fully saturated rings. The summed E-state index contributed by atoms with van der Waals surface area (Å²) in [4.78, 5) is 111. The number of unbranched alkanes of at least 4 members (excludes halogenated alkanes) is 2. The molecule has 0 saturated carbocycles. The van der Waals surface area contributed by atoms with Gasteiger partial charge in [0, 0.05) is 89.3 Å². The Morgan fingerprint density at radius 2 is 1.09 bits per heavy atom. The number of hydrogen-bond donors (Lipinski definition) is 5. The van der Waals surface area contributed by atoms with E-state index in [1.165, 1.54) is 6.92 Å². The van der Waals surface area contributed by atoms with E-state index in [2.05, 4.69) is 83.7 Å². The number of Topliss-reactive ketones (excluding diaryl/α,β-unsaturated/α-hetero) is 2. The van der Waals surface area contributed by atoms with Gasteiger partial charge in [0.2, 0.25) is 5.97 Å². The summed E-state index contributed by atoms with van der Waals surface area (Å²) in [6.07, 6.45) is 8.55. The third kappa shape index (κ3) is 30.4. The van der Waals surface area contributed by atoms with Crippen LogP contribution in [0.3, 0.4) is 0 Å². The second-order valence-electron chi connectivity index (χ2n) is 17.7. The Morgan fingerprint density at radius 3 is 1.48 bits per heavy atom. The molecule has 0 amide bonds. The van der Waals surface area contributed by atoms with E-state index in [-0.39, 0.29) is 99.7 Å². The minimum absolute atomic E-state index is 0. The third-order valence-corrected chi connectivity index (χ3v) is 10.6. The molecule has 8 rings (SSSR count). The molecule has 0 aliphatic carbocycles. The molecule has 2 aliphatic rings. The van der Waals surface area contributed by atoms with Gasteiger partial charge in [-0.05, 0) is 59.9 Å². The first-order chi connectivity index (χ1) is 39.2. The molecule has 85 heavy (non-hydrogen) atoms. The molecule has 0 atom stereocenters. The third-order valence-electron chi connectivity index (χ3n) is 10.6. The van der Waals surface area contributed by atoms with E-state index in [1.54, 1.807) is 30.6 Å². The number of nitrogens with two attached hydrogens (primary N) is 3. The zero-order valence-corrected chi connectivity index (χ0v) is 49.7. The number of nitrogens with zero attached hydrogens (tertiary/aromatic N) is 8. The largest absolute Gasteiger partial charge is 1.00 e. The van der Waals surface area contributed by atoms with Gasteiger partial charge in [0.05, 0.1) is 26.3 Å². The molecule has 8 N–H and O–H groups in total. The monoisotopic (exact) mass is 1180 g/mol. The number of nitrogen functional groups attached to an aromatic ring is 3. The average Bonchev–Trinajstić information content (AvgIpc) is 1.56. The number of rotatable bonds is 16. The van der Waals surface area contributed by atoms with Crippen LogP contribution in [0.1, 0.15) is 120 Å². The first kappa shape index (κ1) is 76.3. The summed E-state index contributed by atoms with van der Waals surface area (Å²) < 4.78 is 14.9. The number of carbonyl (C=O) groups is 7. The van der Waals surface area contributed by atoms with Crippen molar-refractivity contribution in [2.24, 2.45) is 0 Å². The number of aromatic nitrogens is 6. The van der Waals surface area contributed by atoms with Gasteiger partial charge in [-0.2, -0.15) is 19.9 Å². The number of anilines is 6. The SMILES string of the molecule is C.C.CC(=O)O.CC(=O)OOC(C)=O.CCCCOc1nc(N)c2c(n1)N(Cc1cccc(C=O)c1)CC(=O)C2.CCCCOc1nc(N)c2c(n1)N(Cc1cccc(CNc3ccccn3)c1)CC(=O)C2.Nc1ccccn1.[B-]OC(C)=O.[Na+]. The summed E-state index contributed by atoms with van der Waals surface area (Å²) >= 11 is 0. The molecule has 6 aromatic rings. The van der Waals surface area contributed by atoms with E-state index in [0.717, 1.165) is 75.2 Å². The Hall–Kier alpha value is -8.75. The quantitative estimate of drug-likeness (QED) is 0.0297. The number of nitrogens with one attached hydrogen (secondary N) is 1. The maximum Gasteiger partial charge on any atom is 1.00 e. The molecular weight excluding hydrogens is 1110 g/mol. The summed E-state index contributed by atoms with van der Waals surface area (Å²) in [5, 5.41) is 10.7. The minimum atomic E-state index is -0.833. The first-order valence-electron chi connectivity index (χ1n) is 25.7. The number of carbonyl (C=O) groups excluding carboxylic acids is 6. The Labute approximate surface area is 519 Å². The van der Waals surface area contributed by atoms with Crippen molar-refractivity contribution < 1.29 is 92.1 Å². The molecule has 451 valence electrons. The summed E-state index contributed by atoms with van der Waals surface area (Å²) in [5.74, 6) is 0.873. The van der Waals surface area contributed by atoms with Gasteiger partial charge in [-0.25, -0.2) is 29.3 Å². The zero-order chi connectivity index (χ0) is 60.4. The van der Waals surface area contributed by atoms with Crippen LogP contribution >= 0.6 is 0 Å². The first-order valence-corrected chi connectivity index (χ1v) is 25.7. The molecular formula is C58H77BN12NaO13. The Morgan fingerprint density at radius 1 is 0.647 bits per heavy atom. The van der Waals surface area contributed by atoms with Gasteiger partial charge < -0.3 is 59.6 Å². The van der Waals surface area contributed by atoms with E-state index in [0.29, 0.717) is 72.8 Å². The van der Waals surface area contributed by atoms with Crippen LogP contribution in [0.4, 0.5) is 34.9 Å². The normalized spacial score (nSPS) is 11.1. The van der Waals surface area contributed by atoms with E-state index in [1.807, 2.05) is 64.4 Å². The van der Waals surface area contributed by atoms with Gasteiger partial charge in [0.1, 0.15) is 41.2 Å². The maximum absolute atomic E-state index is 12.4. The molecule has 27 heteroatoms. The van der Waals surface area contributed by atoms with Crippen molar-refractivity contribution in [3.05, 3.63) is 131 Å². The number of ether oxygens (including phenoxy) is 2. The summed E-state index contributed by atoms with van der Waals surface area (Å²) in [6.45, 7) is 12.0. The molecule has 2 aliphatic heterocycles. The number of benzene rings is 2. The predicted octanol–water partition coefficient (Wildman–Crippen LogP) is 4.25.